The number of aryl methyl sites for hydroxylation is 2. The molecule has 0 bridgehead atoms. The molecule has 1 saturated heterocycles. The number of hydrogen-bond donors (Lipinski definition) is 0. The van der Waals surface area contributed by atoms with Crippen molar-refractivity contribution < 1.29 is 4.74 Å². The van der Waals surface area contributed by atoms with Crippen molar-refractivity contribution in [3.05, 3.63) is 59.7 Å². The van der Waals surface area contributed by atoms with Crippen molar-refractivity contribution in [1.82, 2.24) is 4.90 Å². The Balaban J connectivity index is 0.00000210. The van der Waals surface area contributed by atoms with Gasteiger partial charge in [-0.25, -0.2) is 0 Å². The topological polar surface area (TPSA) is 15.7 Å². The van der Waals surface area contributed by atoms with Gasteiger partial charge in [0.05, 0.1) is 6.61 Å². The van der Waals surface area contributed by atoms with Crippen LogP contribution in [0.15, 0.2) is 48.5 Å². The number of anilines is 1. The first kappa shape index (κ1) is 20.0. The van der Waals surface area contributed by atoms with E-state index in [9.17, 15) is 0 Å². The molecule has 146 valence electrons. The highest BCUT2D eigenvalue weighted by Crippen LogP contribution is 2.26. The summed E-state index contributed by atoms with van der Waals surface area (Å²) < 4.78 is 5.97. The monoisotopic (exact) mass is 386 g/mol. The molecule has 1 aliphatic heterocycles. The average molecular weight is 387 g/mol. The van der Waals surface area contributed by atoms with E-state index in [1.807, 2.05) is 0 Å². The summed E-state index contributed by atoms with van der Waals surface area (Å²) in [4.78, 5) is 5.09. The maximum Gasteiger partial charge on any atom is 0.119 e. The Labute approximate surface area is 169 Å². The van der Waals surface area contributed by atoms with E-state index >= 15 is 0 Å². The molecule has 1 fully saturated rings. The van der Waals surface area contributed by atoms with Gasteiger partial charge in [-0.05, 0) is 74.0 Å². The molecule has 3 nitrogen and oxygen atoms in total. The van der Waals surface area contributed by atoms with Gasteiger partial charge in [-0.2, -0.15) is 0 Å². The lowest BCUT2D eigenvalue weighted by Gasteiger charge is -2.36. The maximum atomic E-state index is 5.97. The minimum atomic E-state index is 0. The molecular weight excluding hydrogens is 356 g/mol. The van der Waals surface area contributed by atoms with Gasteiger partial charge in [0, 0.05) is 31.9 Å². The highest BCUT2D eigenvalue weighted by Gasteiger charge is 2.16. The molecule has 0 N–H and O–H groups in total. The zero-order valence-electron chi connectivity index (χ0n) is 16.1. The van der Waals surface area contributed by atoms with Gasteiger partial charge in [-0.1, -0.05) is 24.3 Å². The normalized spacial score (nSPS) is 16.7. The van der Waals surface area contributed by atoms with E-state index in [0.717, 1.165) is 31.9 Å². The van der Waals surface area contributed by atoms with Crippen LogP contribution in [0.25, 0.3) is 0 Å². The molecule has 2 aromatic carbocycles. The van der Waals surface area contributed by atoms with Gasteiger partial charge in [-0.3, -0.25) is 4.90 Å². The molecule has 1 aliphatic carbocycles. The summed E-state index contributed by atoms with van der Waals surface area (Å²) in [7, 11) is 0. The first-order valence-corrected chi connectivity index (χ1v) is 10.2. The van der Waals surface area contributed by atoms with Crippen molar-refractivity contribution in [3.63, 3.8) is 0 Å². The molecule has 0 radical (unpaired) electrons. The fourth-order valence-corrected chi connectivity index (χ4v) is 4.13. The van der Waals surface area contributed by atoms with Crippen LogP contribution in [-0.2, 0) is 12.8 Å². The van der Waals surface area contributed by atoms with Gasteiger partial charge in [0.25, 0.3) is 0 Å². The molecule has 0 atom stereocenters. The first-order valence-electron chi connectivity index (χ1n) is 10.2. The number of ether oxygens (including phenoxy) is 1. The quantitative estimate of drug-likeness (QED) is 0.648. The van der Waals surface area contributed by atoms with Crippen molar-refractivity contribution in [1.29, 1.82) is 0 Å². The number of unbranched alkanes of at least 4 members (excludes halogenated alkanes) is 1. The molecular formula is C23H31ClN2O. The van der Waals surface area contributed by atoms with Crippen LogP contribution in [0, 0.1) is 0 Å². The average Bonchev–Trinajstić information content (AvgIpc) is 3.17. The van der Waals surface area contributed by atoms with Gasteiger partial charge < -0.3 is 9.64 Å². The zero-order valence-corrected chi connectivity index (χ0v) is 16.9. The predicted molar refractivity (Wildman–Crippen MR) is 116 cm³/mol. The number of para-hydroxylation sites is 1. The third-order valence-electron chi connectivity index (χ3n) is 5.70. The summed E-state index contributed by atoms with van der Waals surface area (Å²) in [6.07, 6.45) is 6.12. The van der Waals surface area contributed by atoms with E-state index in [1.54, 1.807) is 0 Å². The van der Waals surface area contributed by atoms with E-state index in [1.165, 1.54) is 62.1 Å². The minimum absolute atomic E-state index is 0. The van der Waals surface area contributed by atoms with Crippen molar-refractivity contribution >= 4 is 18.1 Å². The highest BCUT2D eigenvalue weighted by molar-refractivity contribution is 5.85. The van der Waals surface area contributed by atoms with Gasteiger partial charge in [-0.15, -0.1) is 12.4 Å². The van der Waals surface area contributed by atoms with Crippen molar-refractivity contribution in [2.45, 2.75) is 32.1 Å². The molecule has 0 aromatic heterocycles. The Kier molecular flexibility index (Phi) is 7.42. The molecule has 0 amide bonds. The number of piperazine rings is 1. The molecule has 2 aliphatic rings. The SMILES string of the molecule is Cl.c1ccc(N2CCN(CCCCOc3ccc4c(c3)CCC4)CC2)cc1. The first-order chi connectivity index (χ1) is 12.9. The Bertz CT molecular complexity index is 699. The lowest BCUT2D eigenvalue weighted by molar-refractivity contribution is 0.238. The molecule has 2 aromatic rings. The van der Waals surface area contributed by atoms with Crippen LogP contribution in [0.2, 0.25) is 0 Å². The van der Waals surface area contributed by atoms with E-state index in [4.69, 9.17) is 4.74 Å². The van der Waals surface area contributed by atoms with Crippen LogP contribution < -0.4 is 9.64 Å². The standard InChI is InChI=1S/C23H30N2O.ClH/c1-2-9-22(10-3-1)25-16-14-24(15-17-25)13-4-5-18-26-23-12-11-20-7-6-8-21(20)19-23;/h1-3,9-12,19H,4-8,13-18H2;1H. The molecule has 4 rings (SSSR count). The molecule has 4 heteroatoms. The second-order valence-electron chi connectivity index (χ2n) is 7.50. The second kappa shape index (κ2) is 10.0. The fraction of sp³-hybridized carbons (Fsp3) is 0.478. The van der Waals surface area contributed by atoms with Crippen LogP contribution >= 0.6 is 12.4 Å². The smallest absolute Gasteiger partial charge is 0.119 e. The second-order valence-corrected chi connectivity index (χ2v) is 7.50. The molecule has 27 heavy (non-hydrogen) atoms. The fourth-order valence-electron chi connectivity index (χ4n) is 4.13. The largest absolute Gasteiger partial charge is 0.494 e. The Hall–Kier alpha value is -1.71. The number of fused-ring (bicyclic) bond motifs is 1. The number of halogens is 1. The zero-order chi connectivity index (χ0) is 17.6. The number of benzene rings is 2. The van der Waals surface area contributed by atoms with Crippen LogP contribution in [0.1, 0.15) is 30.4 Å². The van der Waals surface area contributed by atoms with E-state index in [-0.39, 0.29) is 12.4 Å². The summed E-state index contributed by atoms with van der Waals surface area (Å²) >= 11 is 0. The number of rotatable bonds is 7. The summed E-state index contributed by atoms with van der Waals surface area (Å²) in [5, 5.41) is 0. The lowest BCUT2D eigenvalue weighted by Crippen LogP contribution is -2.46. The molecule has 1 heterocycles. The van der Waals surface area contributed by atoms with E-state index in [2.05, 4.69) is 58.3 Å². The number of hydrogen-bond acceptors (Lipinski definition) is 3. The van der Waals surface area contributed by atoms with Gasteiger partial charge >= 0.3 is 0 Å². The maximum absolute atomic E-state index is 5.97. The van der Waals surface area contributed by atoms with Crippen molar-refractivity contribution in [2.75, 3.05) is 44.2 Å². The molecule has 0 saturated carbocycles. The third-order valence-corrected chi connectivity index (χ3v) is 5.70. The summed E-state index contributed by atoms with van der Waals surface area (Å²) in [5.41, 5.74) is 4.38. The summed E-state index contributed by atoms with van der Waals surface area (Å²) in [6, 6.07) is 17.4. The Morgan fingerprint density at radius 3 is 2.41 bits per heavy atom. The molecule has 0 unspecified atom stereocenters. The van der Waals surface area contributed by atoms with Crippen LogP contribution in [0.3, 0.4) is 0 Å². The third kappa shape index (κ3) is 5.40. The van der Waals surface area contributed by atoms with E-state index in [0.29, 0.717) is 0 Å². The highest BCUT2D eigenvalue weighted by atomic mass is 35.5. The minimum Gasteiger partial charge on any atom is -0.494 e. The Morgan fingerprint density at radius 1 is 0.815 bits per heavy atom. The summed E-state index contributed by atoms with van der Waals surface area (Å²) in [5.74, 6) is 1.06. The van der Waals surface area contributed by atoms with Gasteiger partial charge in [0.2, 0.25) is 0 Å². The Morgan fingerprint density at radius 2 is 1.59 bits per heavy atom. The molecule has 0 spiro atoms. The summed E-state index contributed by atoms with van der Waals surface area (Å²) in [6.45, 7) is 6.63. The van der Waals surface area contributed by atoms with Crippen molar-refractivity contribution in [3.8, 4) is 5.75 Å². The predicted octanol–water partition coefficient (Wildman–Crippen LogP) is 4.58. The van der Waals surface area contributed by atoms with Gasteiger partial charge in [0.15, 0.2) is 0 Å². The van der Waals surface area contributed by atoms with E-state index < -0.39 is 0 Å². The number of nitrogens with zero attached hydrogens (tertiary/aromatic N) is 2. The van der Waals surface area contributed by atoms with Gasteiger partial charge in [0.1, 0.15) is 5.75 Å². The van der Waals surface area contributed by atoms with Crippen molar-refractivity contribution in [2.24, 2.45) is 0 Å². The van der Waals surface area contributed by atoms with Crippen LogP contribution in [0.5, 0.6) is 5.75 Å². The lowest BCUT2D eigenvalue weighted by atomic mass is 10.1. The van der Waals surface area contributed by atoms with Crippen LogP contribution in [-0.4, -0.2) is 44.2 Å². The van der Waals surface area contributed by atoms with Crippen LogP contribution in [0.4, 0.5) is 5.69 Å².